The molecule has 126 valence electrons. The number of fused-ring (bicyclic) bond motifs is 1. The second kappa shape index (κ2) is 7.13. The van der Waals surface area contributed by atoms with Crippen molar-refractivity contribution >= 4 is 28.1 Å². The van der Waals surface area contributed by atoms with Crippen molar-refractivity contribution in [3.05, 3.63) is 51.4 Å². The highest BCUT2D eigenvalue weighted by atomic mass is 32.1. The fraction of sp³-hybridized carbons (Fsp3) is 0.333. The Balaban J connectivity index is 1.63. The van der Waals surface area contributed by atoms with E-state index < -0.39 is 0 Å². The molecule has 2 N–H and O–H groups in total. The fourth-order valence-corrected chi connectivity index (χ4v) is 3.81. The van der Waals surface area contributed by atoms with E-state index in [9.17, 15) is 9.18 Å². The molecule has 0 aliphatic carbocycles. The van der Waals surface area contributed by atoms with Crippen LogP contribution in [0.15, 0.2) is 24.4 Å². The number of thiazole rings is 1. The Hall–Kier alpha value is -2.21. The van der Waals surface area contributed by atoms with Crippen LogP contribution in [0.1, 0.15) is 39.3 Å². The van der Waals surface area contributed by atoms with Crippen molar-refractivity contribution in [2.24, 2.45) is 0 Å². The van der Waals surface area contributed by atoms with Gasteiger partial charge in [-0.3, -0.25) is 4.79 Å². The molecule has 3 rings (SSSR count). The normalized spacial score (nSPS) is 11.1. The van der Waals surface area contributed by atoms with Crippen LogP contribution in [-0.2, 0) is 12.8 Å². The molecule has 0 unspecified atom stereocenters. The van der Waals surface area contributed by atoms with E-state index in [0.717, 1.165) is 40.0 Å². The number of amides is 1. The summed E-state index contributed by atoms with van der Waals surface area (Å²) in [5, 5.41) is 4.81. The second-order valence-electron chi connectivity index (χ2n) is 5.78. The van der Waals surface area contributed by atoms with Crippen LogP contribution in [0, 0.1) is 12.7 Å². The molecule has 0 radical (unpaired) electrons. The average molecular weight is 345 g/mol. The average Bonchev–Trinajstić information content (AvgIpc) is 3.11. The standard InChI is InChI=1S/C18H20FN3OS/c1-3-4-16-22-11(2)17(24-16)18(23)20-8-7-12-10-21-15-6-5-13(19)9-14(12)15/h5-6,9-10,21H,3-4,7-8H2,1-2H3,(H,20,23). The number of nitrogens with one attached hydrogen (secondary N) is 2. The summed E-state index contributed by atoms with van der Waals surface area (Å²) in [6, 6.07) is 4.68. The number of aryl methyl sites for hydroxylation is 2. The maximum atomic E-state index is 13.4. The van der Waals surface area contributed by atoms with Crippen LogP contribution in [0.3, 0.4) is 0 Å². The van der Waals surface area contributed by atoms with Gasteiger partial charge in [0.05, 0.1) is 10.7 Å². The Bertz CT molecular complexity index is 868. The first-order chi connectivity index (χ1) is 11.6. The lowest BCUT2D eigenvalue weighted by Gasteiger charge is -2.04. The second-order valence-corrected chi connectivity index (χ2v) is 6.87. The highest BCUT2D eigenvalue weighted by molar-refractivity contribution is 7.13. The Morgan fingerprint density at radius 3 is 3.00 bits per heavy atom. The number of carbonyl (C=O) groups excluding carboxylic acids is 1. The van der Waals surface area contributed by atoms with E-state index in [1.807, 2.05) is 13.1 Å². The van der Waals surface area contributed by atoms with Gasteiger partial charge in [0.1, 0.15) is 10.7 Å². The zero-order chi connectivity index (χ0) is 17.1. The molecule has 2 heterocycles. The molecule has 2 aromatic heterocycles. The smallest absolute Gasteiger partial charge is 0.263 e. The van der Waals surface area contributed by atoms with Gasteiger partial charge in [-0.05, 0) is 49.9 Å². The van der Waals surface area contributed by atoms with Crippen molar-refractivity contribution in [3.8, 4) is 0 Å². The van der Waals surface area contributed by atoms with Gasteiger partial charge in [0, 0.05) is 23.6 Å². The third-order valence-electron chi connectivity index (χ3n) is 3.92. The van der Waals surface area contributed by atoms with Gasteiger partial charge in [0.25, 0.3) is 5.91 Å². The number of rotatable bonds is 6. The minimum atomic E-state index is -0.254. The molecule has 1 aromatic carbocycles. The van der Waals surface area contributed by atoms with Gasteiger partial charge in [-0.15, -0.1) is 11.3 Å². The van der Waals surface area contributed by atoms with Crippen LogP contribution >= 0.6 is 11.3 Å². The molecule has 1 amide bonds. The molecular weight excluding hydrogens is 325 g/mol. The lowest BCUT2D eigenvalue weighted by Crippen LogP contribution is -2.25. The largest absolute Gasteiger partial charge is 0.361 e. The van der Waals surface area contributed by atoms with Crippen molar-refractivity contribution in [2.45, 2.75) is 33.1 Å². The van der Waals surface area contributed by atoms with E-state index in [4.69, 9.17) is 0 Å². The predicted molar refractivity (Wildman–Crippen MR) is 95.1 cm³/mol. The Morgan fingerprint density at radius 2 is 2.21 bits per heavy atom. The van der Waals surface area contributed by atoms with Gasteiger partial charge < -0.3 is 10.3 Å². The van der Waals surface area contributed by atoms with Crippen LogP contribution in [0.2, 0.25) is 0 Å². The van der Waals surface area contributed by atoms with Gasteiger partial charge in [-0.2, -0.15) is 0 Å². The zero-order valence-corrected chi connectivity index (χ0v) is 14.6. The number of H-pyrrole nitrogens is 1. The molecule has 4 nitrogen and oxygen atoms in total. The summed E-state index contributed by atoms with van der Waals surface area (Å²) in [5.41, 5.74) is 2.69. The zero-order valence-electron chi connectivity index (χ0n) is 13.8. The first-order valence-electron chi connectivity index (χ1n) is 8.08. The highest BCUT2D eigenvalue weighted by Gasteiger charge is 2.14. The lowest BCUT2D eigenvalue weighted by atomic mass is 10.1. The van der Waals surface area contributed by atoms with E-state index in [1.54, 1.807) is 6.07 Å². The van der Waals surface area contributed by atoms with Crippen molar-refractivity contribution in [1.29, 1.82) is 0 Å². The summed E-state index contributed by atoms with van der Waals surface area (Å²) < 4.78 is 13.4. The van der Waals surface area contributed by atoms with Crippen molar-refractivity contribution < 1.29 is 9.18 Å². The minimum absolute atomic E-state index is 0.0848. The number of nitrogens with zero attached hydrogens (tertiary/aromatic N) is 1. The van der Waals surface area contributed by atoms with E-state index in [1.165, 1.54) is 23.5 Å². The summed E-state index contributed by atoms with van der Waals surface area (Å²) in [5.74, 6) is -0.338. The van der Waals surface area contributed by atoms with Crippen molar-refractivity contribution in [3.63, 3.8) is 0 Å². The molecule has 0 fully saturated rings. The van der Waals surface area contributed by atoms with Crippen molar-refractivity contribution in [1.82, 2.24) is 15.3 Å². The minimum Gasteiger partial charge on any atom is -0.361 e. The SMILES string of the molecule is CCCc1nc(C)c(C(=O)NCCc2c[nH]c3ccc(F)cc23)s1. The number of hydrogen-bond acceptors (Lipinski definition) is 3. The monoisotopic (exact) mass is 345 g/mol. The van der Waals surface area contributed by atoms with Crippen LogP contribution in [-0.4, -0.2) is 22.4 Å². The molecule has 0 aliphatic heterocycles. The summed E-state index contributed by atoms with van der Waals surface area (Å²) in [6.45, 7) is 4.47. The number of aromatic nitrogens is 2. The summed E-state index contributed by atoms with van der Waals surface area (Å²) in [4.78, 5) is 20.6. The van der Waals surface area contributed by atoms with E-state index in [-0.39, 0.29) is 11.7 Å². The Labute approximate surface area is 144 Å². The molecule has 3 aromatic rings. The first-order valence-corrected chi connectivity index (χ1v) is 8.90. The maximum Gasteiger partial charge on any atom is 0.263 e. The quantitative estimate of drug-likeness (QED) is 0.709. The highest BCUT2D eigenvalue weighted by Crippen LogP contribution is 2.21. The number of carbonyl (C=O) groups is 1. The van der Waals surface area contributed by atoms with Gasteiger partial charge in [-0.1, -0.05) is 6.92 Å². The van der Waals surface area contributed by atoms with Crippen LogP contribution in [0.5, 0.6) is 0 Å². The van der Waals surface area contributed by atoms with Crippen LogP contribution < -0.4 is 5.32 Å². The lowest BCUT2D eigenvalue weighted by molar-refractivity contribution is 0.0957. The topological polar surface area (TPSA) is 57.8 Å². The third-order valence-corrected chi connectivity index (χ3v) is 5.14. The summed E-state index contributed by atoms with van der Waals surface area (Å²) in [7, 11) is 0. The van der Waals surface area contributed by atoms with Gasteiger partial charge in [0.15, 0.2) is 0 Å². The van der Waals surface area contributed by atoms with Crippen LogP contribution in [0.4, 0.5) is 4.39 Å². The fourth-order valence-electron chi connectivity index (χ4n) is 2.73. The molecule has 6 heteroatoms. The molecule has 0 bridgehead atoms. The van der Waals surface area contributed by atoms with E-state index in [2.05, 4.69) is 22.2 Å². The number of halogens is 1. The Morgan fingerprint density at radius 1 is 1.38 bits per heavy atom. The number of hydrogen-bond donors (Lipinski definition) is 2. The Kier molecular flexibility index (Phi) is 4.94. The molecule has 0 saturated heterocycles. The predicted octanol–water partition coefficient (Wildman–Crippen LogP) is 4.00. The van der Waals surface area contributed by atoms with Crippen LogP contribution in [0.25, 0.3) is 10.9 Å². The molecule has 0 saturated carbocycles. The molecule has 24 heavy (non-hydrogen) atoms. The molecular formula is C18H20FN3OS. The van der Waals surface area contributed by atoms with Gasteiger partial charge >= 0.3 is 0 Å². The maximum absolute atomic E-state index is 13.4. The molecule has 0 aliphatic rings. The van der Waals surface area contributed by atoms with Gasteiger partial charge in [0.2, 0.25) is 0 Å². The third kappa shape index (κ3) is 3.48. The molecule has 0 atom stereocenters. The number of aromatic amines is 1. The molecule has 0 spiro atoms. The summed E-state index contributed by atoms with van der Waals surface area (Å²) in [6.07, 6.45) is 4.44. The first kappa shape index (κ1) is 16.6. The summed E-state index contributed by atoms with van der Waals surface area (Å²) >= 11 is 1.47. The van der Waals surface area contributed by atoms with E-state index >= 15 is 0 Å². The van der Waals surface area contributed by atoms with E-state index in [0.29, 0.717) is 17.8 Å². The van der Waals surface area contributed by atoms with Crippen molar-refractivity contribution in [2.75, 3.05) is 6.54 Å². The number of benzene rings is 1. The van der Waals surface area contributed by atoms with Gasteiger partial charge in [-0.25, -0.2) is 9.37 Å².